The predicted molar refractivity (Wildman–Crippen MR) is 90.8 cm³/mol. The molecule has 1 aliphatic heterocycles. The second-order valence-corrected chi connectivity index (χ2v) is 7.05. The molecule has 3 nitrogen and oxygen atoms in total. The van der Waals surface area contributed by atoms with Crippen LogP contribution in [0.3, 0.4) is 0 Å². The van der Waals surface area contributed by atoms with Crippen molar-refractivity contribution in [3.63, 3.8) is 0 Å². The summed E-state index contributed by atoms with van der Waals surface area (Å²) in [5.41, 5.74) is 3.86. The summed E-state index contributed by atoms with van der Waals surface area (Å²) in [5, 5.41) is 19.9. The lowest BCUT2D eigenvalue weighted by Crippen LogP contribution is -2.49. The Labute approximate surface area is 137 Å². The number of phenols is 2. The van der Waals surface area contributed by atoms with Crippen molar-refractivity contribution in [3.8, 4) is 11.5 Å². The van der Waals surface area contributed by atoms with Crippen molar-refractivity contribution in [1.29, 1.82) is 0 Å². The summed E-state index contributed by atoms with van der Waals surface area (Å²) in [4.78, 5) is 2.42. The molecule has 4 rings (SSSR count). The van der Waals surface area contributed by atoms with Gasteiger partial charge in [-0.1, -0.05) is 36.8 Å². The maximum absolute atomic E-state index is 10.0. The van der Waals surface area contributed by atoms with E-state index in [0.717, 1.165) is 13.0 Å². The number of fused-ring (bicyclic) bond motifs is 1. The van der Waals surface area contributed by atoms with Gasteiger partial charge >= 0.3 is 0 Å². The first-order valence-corrected chi connectivity index (χ1v) is 8.42. The molecule has 0 spiro atoms. The first-order chi connectivity index (χ1) is 11.1. The van der Waals surface area contributed by atoms with Gasteiger partial charge in [-0.2, -0.15) is 0 Å². The standard InChI is InChI=1S/C20H23NO2/c1-21-11-8-14-12-17(22)18(23)13-16(14)19(21)20(9-5-10-20)15-6-3-2-4-7-15/h2-4,6-7,12-13,19,22-23H,5,8-11H2,1H3. The topological polar surface area (TPSA) is 43.7 Å². The van der Waals surface area contributed by atoms with Crippen LogP contribution in [0.5, 0.6) is 11.5 Å². The summed E-state index contributed by atoms with van der Waals surface area (Å²) < 4.78 is 0. The van der Waals surface area contributed by atoms with Crippen molar-refractivity contribution in [1.82, 2.24) is 4.90 Å². The van der Waals surface area contributed by atoms with E-state index >= 15 is 0 Å². The molecule has 0 radical (unpaired) electrons. The second-order valence-electron chi connectivity index (χ2n) is 7.05. The van der Waals surface area contributed by atoms with E-state index in [0.29, 0.717) is 0 Å². The molecule has 1 saturated carbocycles. The molecule has 3 heteroatoms. The zero-order chi connectivity index (χ0) is 16.0. The molecule has 2 N–H and O–H groups in total. The number of nitrogens with zero attached hydrogens (tertiary/aromatic N) is 1. The first-order valence-electron chi connectivity index (χ1n) is 8.42. The predicted octanol–water partition coefficient (Wildman–Crippen LogP) is 3.75. The molecular weight excluding hydrogens is 286 g/mol. The van der Waals surface area contributed by atoms with Crippen LogP contribution in [0.25, 0.3) is 0 Å². The molecule has 0 bridgehead atoms. The molecule has 1 atom stereocenters. The van der Waals surface area contributed by atoms with Gasteiger partial charge in [-0.3, -0.25) is 4.90 Å². The van der Waals surface area contributed by atoms with Crippen LogP contribution < -0.4 is 0 Å². The van der Waals surface area contributed by atoms with Gasteiger partial charge in [0.15, 0.2) is 11.5 Å². The van der Waals surface area contributed by atoms with Crippen LogP contribution in [-0.2, 0) is 11.8 Å². The van der Waals surface area contributed by atoms with Crippen LogP contribution in [0.15, 0.2) is 42.5 Å². The van der Waals surface area contributed by atoms with Crippen molar-refractivity contribution in [2.24, 2.45) is 0 Å². The smallest absolute Gasteiger partial charge is 0.157 e. The number of hydrogen-bond donors (Lipinski definition) is 2. The van der Waals surface area contributed by atoms with Gasteiger partial charge in [0.1, 0.15) is 0 Å². The molecule has 1 fully saturated rings. The third-order valence-corrected chi connectivity index (χ3v) is 5.82. The van der Waals surface area contributed by atoms with Gasteiger partial charge in [-0.15, -0.1) is 0 Å². The van der Waals surface area contributed by atoms with Gasteiger partial charge in [-0.25, -0.2) is 0 Å². The molecule has 0 aromatic heterocycles. The number of rotatable bonds is 2. The van der Waals surface area contributed by atoms with Crippen LogP contribution in [0.2, 0.25) is 0 Å². The monoisotopic (exact) mass is 309 g/mol. The zero-order valence-corrected chi connectivity index (χ0v) is 13.5. The number of likely N-dealkylation sites (N-methyl/N-ethyl adjacent to an activating group) is 1. The minimum absolute atomic E-state index is 0.00516. The summed E-state index contributed by atoms with van der Waals surface area (Å²) >= 11 is 0. The van der Waals surface area contributed by atoms with Crippen molar-refractivity contribution in [3.05, 3.63) is 59.2 Å². The number of aromatic hydroxyl groups is 2. The lowest BCUT2D eigenvalue weighted by atomic mass is 9.57. The molecule has 1 heterocycles. The summed E-state index contributed by atoms with van der Waals surface area (Å²) in [6, 6.07) is 14.6. The molecule has 1 unspecified atom stereocenters. The largest absolute Gasteiger partial charge is 0.504 e. The van der Waals surface area contributed by atoms with Crippen LogP contribution in [-0.4, -0.2) is 28.7 Å². The Morgan fingerprint density at radius 3 is 2.39 bits per heavy atom. The highest BCUT2D eigenvalue weighted by atomic mass is 16.3. The van der Waals surface area contributed by atoms with Crippen LogP contribution in [0.1, 0.15) is 42.0 Å². The van der Waals surface area contributed by atoms with E-state index < -0.39 is 0 Å². The SMILES string of the molecule is CN1CCc2cc(O)c(O)cc2C1C1(c2ccccc2)CCC1. The van der Waals surface area contributed by atoms with E-state index in [-0.39, 0.29) is 23.0 Å². The lowest BCUT2D eigenvalue weighted by molar-refractivity contribution is 0.0715. The van der Waals surface area contributed by atoms with Crippen molar-refractivity contribution >= 4 is 0 Å². The van der Waals surface area contributed by atoms with E-state index in [2.05, 4.69) is 42.3 Å². The summed E-state index contributed by atoms with van der Waals surface area (Å²) in [7, 11) is 2.18. The van der Waals surface area contributed by atoms with E-state index in [9.17, 15) is 10.2 Å². The van der Waals surface area contributed by atoms with Gasteiger partial charge in [0.05, 0.1) is 0 Å². The van der Waals surface area contributed by atoms with Crippen LogP contribution >= 0.6 is 0 Å². The number of benzene rings is 2. The maximum Gasteiger partial charge on any atom is 0.157 e. The Hall–Kier alpha value is -2.00. The Kier molecular flexibility index (Phi) is 3.34. The fraction of sp³-hybridized carbons (Fsp3) is 0.400. The second kappa shape index (κ2) is 5.27. The summed E-state index contributed by atoms with van der Waals surface area (Å²) in [6.07, 6.45) is 4.51. The highest BCUT2D eigenvalue weighted by Gasteiger charge is 2.49. The van der Waals surface area contributed by atoms with E-state index in [1.165, 1.54) is 36.0 Å². The molecule has 1 aliphatic carbocycles. The Balaban J connectivity index is 1.86. The fourth-order valence-corrected chi connectivity index (χ4v) is 4.54. The van der Waals surface area contributed by atoms with E-state index in [1.54, 1.807) is 12.1 Å². The van der Waals surface area contributed by atoms with E-state index in [4.69, 9.17) is 0 Å². The quantitative estimate of drug-likeness (QED) is 0.830. The minimum Gasteiger partial charge on any atom is -0.504 e. The first kappa shape index (κ1) is 14.6. The Morgan fingerprint density at radius 1 is 1.04 bits per heavy atom. The number of phenolic OH excluding ortho intramolecular Hbond substituents is 2. The molecule has 2 aromatic rings. The Morgan fingerprint density at radius 2 is 1.74 bits per heavy atom. The van der Waals surface area contributed by atoms with Crippen LogP contribution in [0, 0.1) is 0 Å². The minimum atomic E-state index is -0.00779. The van der Waals surface area contributed by atoms with Gasteiger partial charge in [0.2, 0.25) is 0 Å². The summed E-state index contributed by atoms with van der Waals surface area (Å²) in [5.74, 6) is -0.0130. The van der Waals surface area contributed by atoms with Gasteiger partial charge in [0.25, 0.3) is 0 Å². The van der Waals surface area contributed by atoms with Gasteiger partial charge < -0.3 is 10.2 Å². The third-order valence-electron chi connectivity index (χ3n) is 5.82. The van der Waals surface area contributed by atoms with Crippen molar-refractivity contribution in [2.75, 3.05) is 13.6 Å². The Bertz CT molecular complexity index is 722. The van der Waals surface area contributed by atoms with Crippen molar-refractivity contribution < 1.29 is 10.2 Å². The third kappa shape index (κ3) is 2.14. The zero-order valence-electron chi connectivity index (χ0n) is 13.5. The highest BCUT2D eigenvalue weighted by molar-refractivity contribution is 5.50. The van der Waals surface area contributed by atoms with Crippen molar-refractivity contribution in [2.45, 2.75) is 37.1 Å². The normalized spacial score (nSPS) is 23.1. The molecule has 2 aliphatic rings. The molecule has 0 saturated heterocycles. The average Bonchev–Trinajstić information content (AvgIpc) is 2.51. The molecule has 2 aromatic carbocycles. The average molecular weight is 309 g/mol. The highest BCUT2D eigenvalue weighted by Crippen LogP contribution is 2.56. The number of hydrogen-bond acceptors (Lipinski definition) is 3. The van der Waals surface area contributed by atoms with Gasteiger partial charge in [-0.05, 0) is 55.1 Å². The fourth-order valence-electron chi connectivity index (χ4n) is 4.54. The molecule has 23 heavy (non-hydrogen) atoms. The molecule has 0 amide bonds. The molecule has 120 valence electrons. The van der Waals surface area contributed by atoms with Crippen LogP contribution in [0.4, 0.5) is 0 Å². The lowest BCUT2D eigenvalue weighted by Gasteiger charge is -2.53. The van der Waals surface area contributed by atoms with E-state index in [1.807, 2.05) is 0 Å². The summed E-state index contributed by atoms with van der Waals surface area (Å²) in [6.45, 7) is 0.983. The van der Waals surface area contributed by atoms with Gasteiger partial charge in [0, 0.05) is 18.0 Å². The maximum atomic E-state index is 10.0. The molecular formula is C20H23NO2.